The highest BCUT2D eigenvalue weighted by Gasteiger charge is 2.10. The molecule has 0 aliphatic heterocycles. The minimum Gasteiger partial charge on any atom is -0.487 e. The minimum atomic E-state index is -0.453. The summed E-state index contributed by atoms with van der Waals surface area (Å²) in [6.45, 7) is 0.223. The summed E-state index contributed by atoms with van der Waals surface area (Å²) < 4.78 is 10.2. The Hall–Kier alpha value is -1.91. The molecule has 0 aromatic heterocycles. The minimum absolute atomic E-state index is 0.223. The van der Waals surface area contributed by atoms with Crippen molar-refractivity contribution in [2.75, 3.05) is 12.8 Å². The molecule has 0 saturated carbocycles. The maximum absolute atomic E-state index is 11.4. The number of hydrogen-bond donors (Lipinski definition) is 1. The first-order chi connectivity index (χ1) is 10.0. The van der Waals surface area contributed by atoms with Crippen LogP contribution < -0.4 is 10.5 Å². The summed E-state index contributed by atoms with van der Waals surface area (Å²) >= 11 is 12.0. The summed E-state index contributed by atoms with van der Waals surface area (Å²) in [4.78, 5) is 11.4. The fraction of sp³-hybridized carbons (Fsp3) is 0.133. The lowest BCUT2D eigenvalue weighted by molar-refractivity contribution is 0.0600. The van der Waals surface area contributed by atoms with Gasteiger partial charge in [0.2, 0.25) is 0 Å². The van der Waals surface area contributed by atoms with Crippen molar-refractivity contribution in [2.24, 2.45) is 0 Å². The van der Waals surface area contributed by atoms with Crippen molar-refractivity contribution in [3.05, 3.63) is 57.6 Å². The fourth-order valence-electron chi connectivity index (χ4n) is 1.74. The molecule has 0 saturated heterocycles. The lowest BCUT2D eigenvalue weighted by Crippen LogP contribution is -2.04. The van der Waals surface area contributed by atoms with Gasteiger partial charge in [0.1, 0.15) is 12.4 Å². The third kappa shape index (κ3) is 3.60. The molecule has 0 atom stereocenters. The van der Waals surface area contributed by atoms with E-state index in [1.165, 1.54) is 13.2 Å². The molecular formula is C15H13Cl2NO3. The number of ether oxygens (including phenoxy) is 2. The van der Waals surface area contributed by atoms with Crippen LogP contribution in [-0.2, 0) is 11.3 Å². The third-order valence-corrected chi connectivity index (χ3v) is 3.70. The van der Waals surface area contributed by atoms with Crippen molar-refractivity contribution < 1.29 is 14.3 Å². The normalized spacial score (nSPS) is 10.2. The van der Waals surface area contributed by atoms with Crippen LogP contribution in [0.1, 0.15) is 15.9 Å². The summed E-state index contributed by atoms with van der Waals surface area (Å²) in [5, 5.41) is 0.913. The van der Waals surface area contributed by atoms with Gasteiger partial charge in [-0.15, -0.1) is 0 Å². The first kappa shape index (κ1) is 15.5. The number of halogens is 2. The molecule has 0 aliphatic carbocycles. The van der Waals surface area contributed by atoms with Crippen LogP contribution in [0.15, 0.2) is 36.4 Å². The van der Waals surface area contributed by atoms with Gasteiger partial charge in [-0.25, -0.2) is 4.79 Å². The Morgan fingerprint density at radius 3 is 2.67 bits per heavy atom. The van der Waals surface area contributed by atoms with E-state index in [1.807, 2.05) is 6.07 Å². The van der Waals surface area contributed by atoms with Gasteiger partial charge >= 0.3 is 5.97 Å². The number of nitrogens with two attached hydrogens (primary N) is 1. The molecule has 0 unspecified atom stereocenters. The number of esters is 1. The van der Waals surface area contributed by atoms with Crippen LogP contribution in [0.2, 0.25) is 10.0 Å². The second-order valence-electron chi connectivity index (χ2n) is 4.25. The molecule has 0 heterocycles. The fourth-order valence-corrected chi connectivity index (χ4v) is 2.11. The van der Waals surface area contributed by atoms with Crippen LogP contribution in [0.5, 0.6) is 5.75 Å². The predicted molar refractivity (Wildman–Crippen MR) is 83.0 cm³/mol. The first-order valence-corrected chi connectivity index (χ1v) is 6.82. The van der Waals surface area contributed by atoms with Gasteiger partial charge in [-0.2, -0.15) is 0 Å². The van der Waals surface area contributed by atoms with E-state index in [1.54, 1.807) is 24.3 Å². The number of rotatable bonds is 4. The average Bonchev–Trinajstić information content (AvgIpc) is 2.49. The molecule has 0 fully saturated rings. The SMILES string of the molecule is COC(=O)c1ccc(OCc2cccc(Cl)c2Cl)c(N)c1. The van der Waals surface area contributed by atoms with Gasteiger partial charge in [0.05, 0.1) is 28.4 Å². The zero-order chi connectivity index (χ0) is 15.4. The monoisotopic (exact) mass is 325 g/mol. The smallest absolute Gasteiger partial charge is 0.337 e. The number of nitrogen functional groups attached to an aromatic ring is 1. The lowest BCUT2D eigenvalue weighted by Gasteiger charge is -2.11. The first-order valence-electron chi connectivity index (χ1n) is 6.06. The number of carbonyl (C=O) groups is 1. The van der Waals surface area contributed by atoms with Crippen LogP contribution in [0.3, 0.4) is 0 Å². The Morgan fingerprint density at radius 1 is 1.24 bits per heavy atom. The number of benzene rings is 2. The highest BCUT2D eigenvalue weighted by atomic mass is 35.5. The number of anilines is 1. The van der Waals surface area contributed by atoms with Gasteiger partial charge in [-0.1, -0.05) is 35.3 Å². The number of hydrogen-bond acceptors (Lipinski definition) is 4. The zero-order valence-corrected chi connectivity index (χ0v) is 12.7. The highest BCUT2D eigenvalue weighted by molar-refractivity contribution is 6.42. The van der Waals surface area contributed by atoms with E-state index in [0.29, 0.717) is 27.0 Å². The van der Waals surface area contributed by atoms with Gasteiger partial charge < -0.3 is 15.2 Å². The molecule has 0 amide bonds. The van der Waals surface area contributed by atoms with Crippen molar-refractivity contribution in [1.82, 2.24) is 0 Å². The molecule has 2 rings (SSSR count). The Morgan fingerprint density at radius 2 is 2.00 bits per heavy atom. The van der Waals surface area contributed by atoms with E-state index >= 15 is 0 Å². The van der Waals surface area contributed by atoms with E-state index in [4.69, 9.17) is 33.7 Å². The van der Waals surface area contributed by atoms with Crippen LogP contribution in [0, 0.1) is 0 Å². The molecular weight excluding hydrogens is 313 g/mol. The van der Waals surface area contributed by atoms with Crippen LogP contribution in [0.25, 0.3) is 0 Å². The molecule has 2 aromatic rings. The van der Waals surface area contributed by atoms with E-state index < -0.39 is 5.97 Å². The topological polar surface area (TPSA) is 61.5 Å². The predicted octanol–water partition coefficient (Wildman–Crippen LogP) is 3.94. The molecule has 0 spiro atoms. The standard InChI is InChI=1S/C15H13Cl2NO3/c1-20-15(19)9-5-6-13(12(18)7-9)21-8-10-3-2-4-11(16)14(10)17/h2-7H,8,18H2,1H3. The molecule has 0 bridgehead atoms. The molecule has 0 radical (unpaired) electrons. The van der Waals surface area contributed by atoms with E-state index in [9.17, 15) is 4.79 Å². The van der Waals surface area contributed by atoms with E-state index in [2.05, 4.69) is 4.74 Å². The van der Waals surface area contributed by atoms with Crippen LogP contribution in [-0.4, -0.2) is 13.1 Å². The zero-order valence-electron chi connectivity index (χ0n) is 11.2. The van der Waals surface area contributed by atoms with Crippen molar-refractivity contribution in [2.45, 2.75) is 6.61 Å². The molecule has 2 aromatic carbocycles. The van der Waals surface area contributed by atoms with Gasteiger partial charge in [-0.05, 0) is 24.3 Å². The average molecular weight is 326 g/mol. The largest absolute Gasteiger partial charge is 0.487 e. The second-order valence-corrected chi connectivity index (χ2v) is 5.03. The quantitative estimate of drug-likeness (QED) is 0.683. The summed E-state index contributed by atoms with van der Waals surface area (Å²) in [5.41, 5.74) is 7.31. The Labute approximate surface area is 132 Å². The van der Waals surface area contributed by atoms with Gasteiger partial charge in [0.25, 0.3) is 0 Å². The summed E-state index contributed by atoms with van der Waals surface area (Å²) in [6.07, 6.45) is 0. The summed E-state index contributed by atoms with van der Waals surface area (Å²) in [6, 6.07) is 9.99. The maximum atomic E-state index is 11.4. The van der Waals surface area contributed by atoms with Crippen molar-refractivity contribution >= 4 is 34.9 Å². The molecule has 0 aliphatic rings. The summed E-state index contributed by atoms with van der Waals surface area (Å²) in [5.74, 6) is 0.00447. The molecule has 2 N–H and O–H groups in total. The molecule has 110 valence electrons. The number of carbonyl (C=O) groups excluding carboxylic acids is 1. The molecule has 21 heavy (non-hydrogen) atoms. The van der Waals surface area contributed by atoms with Gasteiger partial charge in [-0.3, -0.25) is 0 Å². The Bertz CT molecular complexity index is 674. The Balaban J connectivity index is 2.13. The van der Waals surface area contributed by atoms with Crippen LogP contribution >= 0.6 is 23.2 Å². The summed E-state index contributed by atoms with van der Waals surface area (Å²) in [7, 11) is 1.31. The van der Waals surface area contributed by atoms with Gasteiger partial charge in [0.15, 0.2) is 0 Å². The van der Waals surface area contributed by atoms with Crippen molar-refractivity contribution in [3.8, 4) is 5.75 Å². The third-order valence-electron chi connectivity index (χ3n) is 2.85. The number of methoxy groups -OCH3 is 1. The second kappa shape index (κ2) is 6.70. The van der Waals surface area contributed by atoms with Gasteiger partial charge in [0, 0.05) is 5.56 Å². The van der Waals surface area contributed by atoms with E-state index in [0.717, 1.165) is 5.56 Å². The highest BCUT2D eigenvalue weighted by Crippen LogP contribution is 2.28. The molecule has 4 nitrogen and oxygen atoms in total. The van der Waals surface area contributed by atoms with Crippen LogP contribution in [0.4, 0.5) is 5.69 Å². The Kier molecular flexibility index (Phi) is 4.94. The molecule has 6 heteroatoms. The van der Waals surface area contributed by atoms with Crippen molar-refractivity contribution in [3.63, 3.8) is 0 Å². The van der Waals surface area contributed by atoms with E-state index in [-0.39, 0.29) is 6.61 Å². The lowest BCUT2D eigenvalue weighted by atomic mass is 10.2. The van der Waals surface area contributed by atoms with Crippen molar-refractivity contribution in [1.29, 1.82) is 0 Å². The maximum Gasteiger partial charge on any atom is 0.337 e.